The lowest BCUT2D eigenvalue weighted by molar-refractivity contribution is -0.274. The molecule has 0 saturated carbocycles. The van der Waals surface area contributed by atoms with Crippen LogP contribution in [0.2, 0.25) is 0 Å². The SMILES string of the molecule is O=C(c1ccc(OC(F)(F)F)cc1)N1CCN(S(=O)(=O)c2cc(F)ccc2F)CC1. The van der Waals surface area contributed by atoms with Crippen molar-refractivity contribution in [2.45, 2.75) is 11.3 Å². The molecular weight excluding hydrogens is 435 g/mol. The number of sulfonamides is 1. The smallest absolute Gasteiger partial charge is 0.406 e. The Morgan fingerprint density at radius 3 is 2.10 bits per heavy atom. The average Bonchev–Trinajstić information content (AvgIpc) is 2.68. The lowest BCUT2D eigenvalue weighted by Crippen LogP contribution is -2.50. The van der Waals surface area contributed by atoms with Crippen LogP contribution in [-0.4, -0.2) is 56.1 Å². The maximum atomic E-state index is 13.9. The Morgan fingerprint density at radius 1 is 0.933 bits per heavy atom. The molecule has 30 heavy (non-hydrogen) atoms. The van der Waals surface area contributed by atoms with Crippen LogP contribution in [0.25, 0.3) is 0 Å². The summed E-state index contributed by atoms with van der Waals surface area (Å²) in [5.74, 6) is -2.98. The molecule has 1 heterocycles. The Labute approximate surface area is 168 Å². The minimum absolute atomic E-state index is 0.0319. The molecule has 1 aliphatic rings. The fourth-order valence-electron chi connectivity index (χ4n) is 2.93. The van der Waals surface area contributed by atoms with E-state index in [1.54, 1.807) is 0 Å². The van der Waals surface area contributed by atoms with Crippen LogP contribution in [-0.2, 0) is 10.0 Å². The zero-order chi connectivity index (χ0) is 22.1. The molecule has 2 aromatic rings. The van der Waals surface area contributed by atoms with Crippen molar-refractivity contribution in [2.24, 2.45) is 0 Å². The van der Waals surface area contributed by atoms with Crippen LogP contribution in [0, 0.1) is 11.6 Å². The van der Waals surface area contributed by atoms with Gasteiger partial charge in [-0.15, -0.1) is 13.2 Å². The lowest BCUT2D eigenvalue weighted by Gasteiger charge is -2.34. The van der Waals surface area contributed by atoms with E-state index in [0.29, 0.717) is 12.1 Å². The molecule has 0 aromatic heterocycles. The van der Waals surface area contributed by atoms with Crippen LogP contribution in [0.5, 0.6) is 5.75 Å². The Morgan fingerprint density at radius 2 is 1.53 bits per heavy atom. The third-order valence-corrected chi connectivity index (χ3v) is 6.29. The van der Waals surface area contributed by atoms with E-state index in [9.17, 15) is 35.2 Å². The molecule has 1 amide bonds. The first kappa shape index (κ1) is 22.0. The zero-order valence-corrected chi connectivity index (χ0v) is 16.0. The molecule has 6 nitrogen and oxygen atoms in total. The topological polar surface area (TPSA) is 66.9 Å². The second kappa shape index (κ2) is 8.19. The Hall–Kier alpha value is -2.73. The van der Waals surface area contributed by atoms with Crippen LogP contribution < -0.4 is 4.74 Å². The van der Waals surface area contributed by atoms with Crippen LogP contribution in [0.15, 0.2) is 47.4 Å². The van der Waals surface area contributed by atoms with E-state index in [-0.39, 0.29) is 31.7 Å². The van der Waals surface area contributed by atoms with Crippen LogP contribution in [0.3, 0.4) is 0 Å². The summed E-state index contributed by atoms with van der Waals surface area (Å²) in [5.41, 5.74) is 0.0945. The summed E-state index contributed by atoms with van der Waals surface area (Å²) in [4.78, 5) is 13.0. The van der Waals surface area contributed by atoms with Gasteiger partial charge < -0.3 is 9.64 Å². The molecule has 12 heteroatoms. The van der Waals surface area contributed by atoms with Crippen LogP contribution in [0.1, 0.15) is 10.4 Å². The fraction of sp³-hybridized carbons (Fsp3) is 0.278. The van der Waals surface area contributed by atoms with Gasteiger partial charge in [-0.05, 0) is 42.5 Å². The van der Waals surface area contributed by atoms with Gasteiger partial charge in [0.05, 0.1) is 0 Å². The molecule has 2 aromatic carbocycles. The first-order valence-corrected chi connectivity index (χ1v) is 10.0. The Balaban J connectivity index is 1.66. The minimum atomic E-state index is -4.85. The van der Waals surface area contributed by atoms with Crippen molar-refractivity contribution in [1.29, 1.82) is 0 Å². The highest BCUT2D eigenvalue weighted by molar-refractivity contribution is 7.89. The van der Waals surface area contributed by atoms with Gasteiger partial charge in [-0.2, -0.15) is 4.31 Å². The molecule has 0 spiro atoms. The van der Waals surface area contributed by atoms with E-state index in [2.05, 4.69) is 4.74 Å². The number of benzene rings is 2. The quantitative estimate of drug-likeness (QED) is 0.672. The molecular formula is C18H15F5N2O4S. The summed E-state index contributed by atoms with van der Waals surface area (Å²) in [6.45, 7) is -0.371. The van der Waals surface area contributed by atoms with Gasteiger partial charge in [0.2, 0.25) is 10.0 Å². The van der Waals surface area contributed by atoms with Gasteiger partial charge in [0, 0.05) is 31.7 Å². The number of piperazine rings is 1. The highest BCUT2D eigenvalue weighted by atomic mass is 32.2. The summed E-state index contributed by atoms with van der Waals surface area (Å²) >= 11 is 0. The van der Waals surface area contributed by atoms with E-state index in [1.165, 1.54) is 4.90 Å². The summed E-state index contributed by atoms with van der Waals surface area (Å²) in [7, 11) is -4.29. The number of halogens is 5. The van der Waals surface area contributed by atoms with Gasteiger partial charge in [-0.25, -0.2) is 17.2 Å². The van der Waals surface area contributed by atoms with Crippen LogP contribution in [0.4, 0.5) is 22.0 Å². The van der Waals surface area contributed by atoms with Crippen molar-refractivity contribution in [3.05, 3.63) is 59.7 Å². The van der Waals surface area contributed by atoms with Gasteiger partial charge in [-0.3, -0.25) is 4.79 Å². The van der Waals surface area contributed by atoms with Crippen molar-refractivity contribution in [1.82, 2.24) is 9.21 Å². The monoisotopic (exact) mass is 450 g/mol. The van der Waals surface area contributed by atoms with Gasteiger partial charge in [0.1, 0.15) is 22.3 Å². The normalized spacial score (nSPS) is 15.8. The summed E-state index contributed by atoms with van der Waals surface area (Å²) < 4.78 is 93.6. The molecule has 1 saturated heterocycles. The molecule has 0 aliphatic carbocycles. The lowest BCUT2D eigenvalue weighted by atomic mass is 10.2. The molecule has 0 bridgehead atoms. The third-order valence-electron chi connectivity index (χ3n) is 4.37. The van der Waals surface area contributed by atoms with E-state index in [0.717, 1.165) is 34.6 Å². The number of carbonyl (C=O) groups excluding carboxylic acids is 1. The molecule has 0 radical (unpaired) electrons. The molecule has 0 atom stereocenters. The molecule has 162 valence electrons. The Kier molecular flexibility index (Phi) is 5.99. The van der Waals surface area contributed by atoms with Crippen molar-refractivity contribution in [3.8, 4) is 5.75 Å². The minimum Gasteiger partial charge on any atom is -0.406 e. The second-order valence-electron chi connectivity index (χ2n) is 6.34. The maximum Gasteiger partial charge on any atom is 0.573 e. The highest BCUT2D eigenvalue weighted by Gasteiger charge is 2.33. The standard InChI is InChI=1S/C18H15F5N2O4S/c19-13-3-6-15(20)16(11-13)30(27,28)25-9-7-24(8-10-25)17(26)12-1-4-14(5-2-12)29-18(21,22)23/h1-6,11H,7-10H2. The molecule has 3 rings (SSSR count). The zero-order valence-electron chi connectivity index (χ0n) is 15.2. The van der Waals surface area contributed by atoms with Gasteiger partial charge >= 0.3 is 6.36 Å². The number of amides is 1. The van der Waals surface area contributed by atoms with Crippen molar-refractivity contribution >= 4 is 15.9 Å². The summed E-state index contributed by atoms with van der Waals surface area (Å²) in [6.07, 6.45) is -4.85. The molecule has 0 unspecified atom stereocenters. The van der Waals surface area contributed by atoms with E-state index >= 15 is 0 Å². The van der Waals surface area contributed by atoms with Crippen molar-refractivity contribution < 1.29 is 39.9 Å². The highest BCUT2D eigenvalue weighted by Crippen LogP contribution is 2.24. The molecule has 0 N–H and O–H groups in total. The number of carbonyl (C=O) groups is 1. The summed E-state index contributed by atoms with van der Waals surface area (Å²) in [6, 6.07) is 6.42. The number of hydrogen-bond donors (Lipinski definition) is 0. The van der Waals surface area contributed by atoms with Crippen LogP contribution >= 0.6 is 0 Å². The molecule has 1 fully saturated rings. The first-order chi connectivity index (χ1) is 14.0. The Bertz CT molecular complexity index is 1030. The number of ether oxygens (including phenoxy) is 1. The average molecular weight is 450 g/mol. The van der Waals surface area contributed by atoms with Crippen molar-refractivity contribution in [3.63, 3.8) is 0 Å². The second-order valence-corrected chi connectivity index (χ2v) is 8.25. The molecule has 1 aliphatic heterocycles. The predicted octanol–water partition coefficient (Wildman–Crippen LogP) is 3.01. The first-order valence-electron chi connectivity index (χ1n) is 8.58. The third kappa shape index (κ3) is 4.87. The van der Waals surface area contributed by atoms with E-state index < -0.39 is 44.6 Å². The predicted molar refractivity (Wildman–Crippen MR) is 94.1 cm³/mol. The number of hydrogen-bond acceptors (Lipinski definition) is 4. The largest absolute Gasteiger partial charge is 0.573 e. The number of nitrogens with zero attached hydrogens (tertiary/aromatic N) is 2. The van der Waals surface area contributed by atoms with E-state index in [4.69, 9.17) is 0 Å². The van der Waals surface area contributed by atoms with Gasteiger partial charge in [0.25, 0.3) is 5.91 Å². The number of alkyl halides is 3. The van der Waals surface area contributed by atoms with Gasteiger partial charge in [-0.1, -0.05) is 0 Å². The van der Waals surface area contributed by atoms with E-state index in [1.807, 2.05) is 0 Å². The fourth-order valence-corrected chi connectivity index (χ4v) is 4.43. The maximum absolute atomic E-state index is 13.9. The van der Waals surface area contributed by atoms with Gasteiger partial charge in [0.15, 0.2) is 0 Å². The number of rotatable bonds is 4. The van der Waals surface area contributed by atoms with Crippen molar-refractivity contribution in [2.75, 3.05) is 26.2 Å². The summed E-state index contributed by atoms with van der Waals surface area (Å²) in [5, 5.41) is 0.